The van der Waals surface area contributed by atoms with E-state index in [1.807, 2.05) is 78.9 Å². The van der Waals surface area contributed by atoms with Gasteiger partial charge in [-0.15, -0.1) is 0 Å². The minimum atomic E-state index is -0.454. The van der Waals surface area contributed by atoms with Crippen LogP contribution in [-0.4, -0.2) is 11.9 Å². The molecule has 5 heteroatoms. The standard InChI is InChI=1S/C23H16INO3/c24-19-10-5-9-18(14-19)22-25-21(23(26)28-22)13-17-8-4-11-20(12-17)27-15-16-6-2-1-3-7-16/h1-14H,15H2/b21-13+. The molecule has 0 saturated heterocycles. The van der Waals surface area contributed by atoms with Crippen molar-refractivity contribution in [2.75, 3.05) is 0 Å². The molecule has 0 aliphatic carbocycles. The molecule has 28 heavy (non-hydrogen) atoms. The Bertz CT molecular complexity index is 1070. The van der Waals surface area contributed by atoms with E-state index in [-0.39, 0.29) is 5.70 Å². The molecule has 3 aromatic carbocycles. The average Bonchev–Trinajstić information content (AvgIpc) is 3.08. The number of aliphatic imine (C=N–C) groups is 1. The zero-order valence-electron chi connectivity index (χ0n) is 14.8. The maximum absolute atomic E-state index is 12.2. The summed E-state index contributed by atoms with van der Waals surface area (Å²) in [6.45, 7) is 0.484. The summed E-state index contributed by atoms with van der Waals surface area (Å²) < 4.78 is 12.2. The van der Waals surface area contributed by atoms with Gasteiger partial charge < -0.3 is 9.47 Å². The maximum atomic E-state index is 12.2. The molecule has 0 aromatic heterocycles. The highest BCUT2D eigenvalue weighted by atomic mass is 127. The number of esters is 1. The lowest BCUT2D eigenvalue weighted by atomic mass is 10.2. The van der Waals surface area contributed by atoms with Crippen molar-refractivity contribution in [1.29, 1.82) is 0 Å². The SMILES string of the molecule is O=C1OC(c2cccc(I)c2)=N/C1=C/c1cccc(OCc2ccccc2)c1. The van der Waals surface area contributed by atoms with Crippen LogP contribution in [0, 0.1) is 3.57 Å². The first-order chi connectivity index (χ1) is 13.7. The monoisotopic (exact) mass is 481 g/mol. The highest BCUT2D eigenvalue weighted by Gasteiger charge is 2.24. The van der Waals surface area contributed by atoms with Crippen molar-refractivity contribution < 1.29 is 14.3 Å². The van der Waals surface area contributed by atoms with Gasteiger partial charge in [0.1, 0.15) is 12.4 Å². The van der Waals surface area contributed by atoms with Gasteiger partial charge in [0, 0.05) is 9.13 Å². The van der Waals surface area contributed by atoms with Gasteiger partial charge in [-0.3, -0.25) is 0 Å². The number of nitrogens with zero attached hydrogens (tertiary/aromatic N) is 1. The Balaban J connectivity index is 1.52. The molecule has 0 radical (unpaired) electrons. The van der Waals surface area contributed by atoms with Crippen molar-refractivity contribution in [3.05, 3.63) is 105 Å². The molecule has 0 fully saturated rings. The smallest absolute Gasteiger partial charge is 0.363 e. The highest BCUT2D eigenvalue weighted by molar-refractivity contribution is 14.1. The van der Waals surface area contributed by atoms with E-state index >= 15 is 0 Å². The number of carbonyl (C=O) groups is 1. The van der Waals surface area contributed by atoms with Gasteiger partial charge >= 0.3 is 5.97 Å². The largest absolute Gasteiger partial charge is 0.489 e. The number of hydrogen-bond donors (Lipinski definition) is 0. The first kappa shape index (κ1) is 18.4. The summed E-state index contributed by atoms with van der Waals surface area (Å²) in [5.74, 6) is 0.599. The molecule has 0 amide bonds. The normalized spacial score (nSPS) is 14.7. The summed E-state index contributed by atoms with van der Waals surface area (Å²) in [6, 6.07) is 25.2. The predicted octanol–water partition coefficient (Wildman–Crippen LogP) is 5.21. The van der Waals surface area contributed by atoms with Crippen molar-refractivity contribution in [2.45, 2.75) is 6.61 Å². The van der Waals surface area contributed by atoms with Crippen LogP contribution in [0.15, 0.2) is 89.6 Å². The highest BCUT2D eigenvalue weighted by Crippen LogP contribution is 2.22. The number of halogens is 1. The van der Waals surface area contributed by atoms with Crippen molar-refractivity contribution in [3.8, 4) is 5.75 Å². The second-order valence-electron chi connectivity index (χ2n) is 6.19. The molecule has 1 heterocycles. The van der Waals surface area contributed by atoms with Gasteiger partial charge in [0.2, 0.25) is 5.90 Å². The molecule has 4 rings (SSSR count). The third-order valence-electron chi connectivity index (χ3n) is 4.10. The van der Waals surface area contributed by atoms with Gasteiger partial charge in [-0.1, -0.05) is 48.5 Å². The minimum absolute atomic E-state index is 0.272. The van der Waals surface area contributed by atoms with Crippen molar-refractivity contribution in [3.63, 3.8) is 0 Å². The number of cyclic esters (lactones) is 1. The molecular formula is C23H16INO3. The molecule has 0 atom stereocenters. The molecule has 0 N–H and O–H groups in total. The van der Waals surface area contributed by atoms with E-state index in [0.717, 1.165) is 26.0 Å². The van der Waals surface area contributed by atoms with Crippen LogP contribution in [-0.2, 0) is 16.1 Å². The van der Waals surface area contributed by atoms with E-state index in [9.17, 15) is 4.79 Å². The number of carbonyl (C=O) groups excluding carboxylic acids is 1. The average molecular weight is 481 g/mol. The van der Waals surface area contributed by atoms with Crippen LogP contribution >= 0.6 is 22.6 Å². The third kappa shape index (κ3) is 4.48. The lowest BCUT2D eigenvalue weighted by molar-refractivity contribution is -0.129. The zero-order valence-corrected chi connectivity index (χ0v) is 17.0. The van der Waals surface area contributed by atoms with Gasteiger partial charge in [0.15, 0.2) is 5.70 Å². The van der Waals surface area contributed by atoms with Crippen LogP contribution in [0.2, 0.25) is 0 Å². The summed E-state index contributed by atoms with van der Waals surface area (Å²) in [5, 5.41) is 0. The Morgan fingerprint density at radius 1 is 0.964 bits per heavy atom. The Morgan fingerprint density at radius 2 is 1.79 bits per heavy atom. The lowest BCUT2D eigenvalue weighted by Gasteiger charge is -2.07. The van der Waals surface area contributed by atoms with E-state index < -0.39 is 5.97 Å². The van der Waals surface area contributed by atoms with Gasteiger partial charge in [-0.05, 0) is 70.1 Å². The third-order valence-corrected chi connectivity index (χ3v) is 4.77. The molecule has 3 aromatic rings. The molecule has 0 spiro atoms. The van der Waals surface area contributed by atoms with Gasteiger partial charge in [0.05, 0.1) is 0 Å². The summed E-state index contributed by atoms with van der Waals surface area (Å²) in [6.07, 6.45) is 1.71. The Kier molecular flexibility index (Phi) is 5.53. The first-order valence-corrected chi connectivity index (χ1v) is 9.80. The fourth-order valence-electron chi connectivity index (χ4n) is 2.75. The summed E-state index contributed by atoms with van der Waals surface area (Å²) in [7, 11) is 0. The Morgan fingerprint density at radius 3 is 2.61 bits per heavy atom. The van der Waals surface area contributed by atoms with E-state index in [2.05, 4.69) is 27.6 Å². The molecule has 0 bridgehead atoms. The maximum Gasteiger partial charge on any atom is 0.363 e. The number of rotatable bonds is 5. The molecule has 1 aliphatic heterocycles. The number of ether oxygens (including phenoxy) is 2. The fraction of sp³-hybridized carbons (Fsp3) is 0.0435. The second-order valence-corrected chi connectivity index (χ2v) is 7.44. The molecule has 0 unspecified atom stereocenters. The molecule has 138 valence electrons. The van der Waals surface area contributed by atoms with E-state index in [1.54, 1.807) is 6.08 Å². The summed E-state index contributed by atoms with van der Waals surface area (Å²) in [5.41, 5.74) is 2.97. The van der Waals surface area contributed by atoms with Crippen molar-refractivity contribution >= 4 is 40.5 Å². The Hall–Kier alpha value is -2.93. The first-order valence-electron chi connectivity index (χ1n) is 8.73. The predicted molar refractivity (Wildman–Crippen MR) is 117 cm³/mol. The van der Waals surface area contributed by atoms with Crippen LogP contribution in [0.3, 0.4) is 0 Å². The summed E-state index contributed by atoms with van der Waals surface area (Å²) >= 11 is 2.21. The number of hydrogen-bond acceptors (Lipinski definition) is 4. The molecule has 4 nitrogen and oxygen atoms in total. The lowest BCUT2D eigenvalue weighted by Crippen LogP contribution is -2.05. The van der Waals surface area contributed by atoms with E-state index in [0.29, 0.717) is 12.5 Å². The van der Waals surface area contributed by atoms with Crippen LogP contribution in [0.25, 0.3) is 6.08 Å². The van der Waals surface area contributed by atoms with E-state index in [1.165, 1.54) is 0 Å². The van der Waals surface area contributed by atoms with Crippen LogP contribution < -0.4 is 4.74 Å². The van der Waals surface area contributed by atoms with Crippen LogP contribution in [0.5, 0.6) is 5.75 Å². The van der Waals surface area contributed by atoms with Gasteiger partial charge in [0.25, 0.3) is 0 Å². The molecular weight excluding hydrogens is 465 g/mol. The second kappa shape index (κ2) is 8.39. The number of benzene rings is 3. The van der Waals surface area contributed by atoms with E-state index in [4.69, 9.17) is 9.47 Å². The topological polar surface area (TPSA) is 47.9 Å². The fourth-order valence-corrected chi connectivity index (χ4v) is 3.29. The summed E-state index contributed by atoms with van der Waals surface area (Å²) in [4.78, 5) is 16.6. The van der Waals surface area contributed by atoms with Crippen molar-refractivity contribution in [1.82, 2.24) is 0 Å². The van der Waals surface area contributed by atoms with Gasteiger partial charge in [-0.25, -0.2) is 9.79 Å². The van der Waals surface area contributed by atoms with Gasteiger partial charge in [-0.2, -0.15) is 0 Å². The quantitative estimate of drug-likeness (QED) is 0.286. The molecule has 0 saturated carbocycles. The van der Waals surface area contributed by atoms with Crippen LogP contribution in [0.1, 0.15) is 16.7 Å². The Labute approximate surface area is 176 Å². The van der Waals surface area contributed by atoms with Crippen LogP contribution in [0.4, 0.5) is 0 Å². The van der Waals surface area contributed by atoms with Crippen molar-refractivity contribution in [2.24, 2.45) is 4.99 Å². The minimum Gasteiger partial charge on any atom is -0.489 e. The molecule has 1 aliphatic rings. The zero-order chi connectivity index (χ0) is 19.3.